The first kappa shape index (κ1) is 12.6. The SMILES string of the molecule is CCOC(=O)c1cc(F)c(C#N)cc1[N+](=O)[O-]. The maximum Gasteiger partial charge on any atom is 0.345 e. The quantitative estimate of drug-likeness (QED) is 0.454. The fraction of sp³-hybridized carbons (Fsp3) is 0.200. The number of esters is 1. The molecular formula is C10H7FN2O4. The summed E-state index contributed by atoms with van der Waals surface area (Å²) >= 11 is 0. The fourth-order valence-corrected chi connectivity index (χ4v) is 1.17. The van der Waals surface area contributed by atoms with E-state index < -0.39 is 33.5 Å². The molecule has 17 heavy (non-hydrogen) atoms. The number of nitriles is 1. The fourth-order valence-electron chi connectivity index (χ4n) is 1.17. The zero-order valence-corrected chi connectivity index (χ0v) is 8.77. The average molecular weight is 238 g/mol. The third-order valence-corrected chi connectivity index (χ3v) is 1.90. The predicted octanol–water partition coefficient (Wildman–Crippen LogP) is 1.78. The molecule has 7 heteroatoms. The average Bonchev–Trinajstić information content (AvgIpc) is 2.28. The van der Waals surface area contributed by atoms with Gasteiger partial charge in [0, 0.05) is 6.07 Å². The monoisotopic (exact) mass is 238 g/mol. The summed E-state index contributed by atoms with van der Waals surface area (Å²) < 4.78 is 17.8. The van der Waals surface area contributed by atoms with Crippen molar-refractivity contribution in [3.63, 3.8) is 0 Å². The van der Waals surface area contributed by atoms with Crippen molar-refractivity contribution in [1.82, 2.24) is 0 Å². The van der Waals surface area contributed by atoms with Gasteiger partial charge in [-0.2, -0.15) is 5.26 Å². The molecular weight excluding hydrogens is 231 g/mol. The molecule has 1 rings (SSSR count). The molecule has 0 unspecified atom stereocenters. The molecule has 1 aromatic rings. The third kappa shape index (κ3) is 2.55. The second-order valence-corrected chi connectivity index (χ2v) is 2.94. The molecule has 0 amide bonds. The molecule has 6 nitrogen and oxygen atoms in total. The van der Waals surface area contributed by atoms with Crippen LogP contribution in [0.5, 0.6) is 0 Å². The van der Waals surface area contributed by atoms with Gasteiger partial charge in [0.05, 0.1) is 17.1 Å². The van der Waals surface area contributed by atoms with Crippen molar-refractivity contribution in [2.45, 2.75) is 6.92 Å². The van der Waals surface area contributed by atoms with E-state index in [1.807, 2.05) is 0 Å². The molecule has 0 fully saturated rings. The van der Waals surface area contributed by atoms with Gasteiger partial charge in [0.25, 0.3) is 5.69 Å². The Balaban J connectivity index is 3.39. The molecule has 0 saturated carbocycles. The van der Waals surface area contributed by atoms with E-state index in [1.54, 1.807) is 0 Å². The first-order valence-electron chi connectivity index (χ1n) is 4.56. The van der Waals surface area contributed by atoms with E-state index in [-0.39, 0.29) is 6.61 Å². The topological polar surface area (TPSA) is 93.2 Å². The molecule has 0 heterocycles. The first-order chi connectivity index (χ1) is 8.01. The van der Waals surface area contributed by atoms with E-state index in [9.17, 15) is 19.3 Å². The highest BCUT2D eigenvalue weighted by molar-refractivity contribution is 5.94. The Labute approximate surface area is 95.4 Å². The Bertz CT molecular complexity index is 522. The van der Waals surface area contributed by atoms with Crippen molar-refractivity contribution in [1.29, 1.82) is 5.26 Å². The summed E-state index contributed by atoms with van der Waals surface area (Å²) in [4.78, 5) is 21.2. The minimum Gasteiger partial charge on any atom is -0.462 e. The van der Waals surface area contributed by atoms with Gasteiger partial charge in [-0.05, 0) is 13.0 Å². The van der Waals surface area contributed by atoms with Crippen LogP contribution in [0.15, 0.2) is 12.1 Å². The lowest BCUT2D eigenvalue weighted by atomic mass is 10.1. The van der Waals surface area contributed by atoms with Crippen molar-refractivity contribution in [3.05, 3.63) is 39.2 Å². The Kier molecular flexibility index (Phi) is 3.72. The lowest BCUT2D eigenvalue weighted by Gasteiger charge is -2.03. The molecule has 0 bridgehead atoms. The maximum absolute atomic E-state index is 13.2. The second-order valence-electron chi connectivity index (χ2n) is 2.94. The summed E-state index contributed by atoms with van der Waals surface area (Å²) in [6, 6.07) is 2.80. The number of benzene rings is 1. The zero-order valence-electron chi connectivity index (χ0n) is 8.77. The Morgan fingerprint density at radius 2 is 2.29 bits per heavy atom. The van der Waals surface area contributed by atoms with Crippen molar-refractivity contribution in [3.8, 4) is 6.07 Å². The predicted molar refractivity (Wildman–Crippen MR) is 53.7 cm³/mol. The van der Waals surface area contributed by atoms with Crippen molar-refractivity contribution < 1.29 is 18.8 Å². The van der Waals surface area contributed by atoms with Crippen LogP contribution in [0.2, 0.25) is 0 Å². The third-order valence-electron chi connectivity index (χ3n) is 1.90. The van der Waals surface area contributed by atoms with Crippen LogP contribution in [0.1, 0.15) is 22.8 Å². The van der Waals surface area contributed by atoms with Crippen LogP contribution in [0.25, 0.3) is 0 Å². The molecule has 0 aliphatic heterocycles. The van der Waals surface area contributed by atoms with Gasteiger partial charge in [-0.3, -0.25) is 10.1 Å². The molecule has 0 saturated heterocycles. The summed E-state index contributed by atoms with van der Waals surface area (Å²) in [5.41, 5.74) is -1.65. The number of halogens is 1. The summed E-state index contributed by atoms with van der Waals surface area (Å²) in [6.45, 7) is 1.53. The number of carbonyl (C=O) groups excluding carboxylic acids is 1. The number of ether oxygens (including phenoxy) is 1. The van der Waals surface area contributed by atoms with Gasteiger partial charge in [-0.25, -0.2) is 9.18 Å². The lowest BCUT2D eigenvalue weighted by molar-refractivity contribution is -0.385. The van der Waals surface area contributed by atoms with Gasteiger partial charge in [0.2, 0.25) is 0 Å². The van der Waals surface area contributed by atoms with Gasteiger partial charge >= 0.3 is 5.97 Å². The van der Waals surface area contributed by atoms with Gasteiger partial charge in [0.15, 0.2) is 0 Å². The smallest absolute Gasteiger partial charge is 0.345 e. The Morgan fingerprint density at radius 1 is 1.65 bits per heavy atom. The summed E-state index contributed by atoms with van der Waals surface area (Å²) in [5.74, 6) is -2.00. The molecule has 0 N–H and O–H groups in total. The number of nitrogens with zero attached hydrogens (tertiary/aromatic N) is 2. The van der Waals surface area contributed by atoms with E-state index in [0.717, 1.165) is 0 Å². The number of rotatable bonds is 3. The molecule has 0 atom stereocenters. The molecule has 88 valence electrons. The minimum absolute atomic E-state index is 0.0115. The Morgan fingerprint density at radius 3 is 2.76 bits per heavy atom. The maximum atomic E-state index is 13.2. The largest absolute Gasteiger partial charge is 0.462 e. The van der Waals surface area contributed by atoms with E-state index in [2.05, 4.69) is 4.74 Å². The van der Waals surface area contributed by atoms with Crippen LogP contribution in [0.4, 0.5) is 10.1 Å². The van der Waals surface area contributed by atoms with Gasteiger partial charge in [-0.15, -0.1) is 0 Å². The number of nitro benzene ring substituents is 1. The van der Waals surface area contributed by atoms with E-state index >= 15 is 0 Å². The van der Waals surface area contributed by atoms with Crippen LogP contribution in [-0.4, -0.2) is 17.5 Å². The lowest BCUT2D eigenvalue weighted by Crippen LogP contribution is -2.09. The van der Waals surface area contributed by atoms with Crippen molar-refractivity contribution in [2.75, 3.05) is 6.61 Å². The number of hydrogen-bond acceptors (Lipinski definition) is 5. The van der Waals surface area contributed by atoms with E-state index in [0.29, 0.717) is 12.1 Å². The number of nitro groups is 1. The summed E-state index contributed by atoms with van der Waals surface area (Å²) in [5, 5.41) is 19.2. The van der Waals surface area contributed by atoms with Gasteiger partial charge < -0.3 is 4.74 Å². The second kappa shape index (κ2) is 5.03. The van der Waals surface area contributed by atoms with Crippen LogP contribution < -0.4 is 0 Å². The van der Waals surface area contributed by atoms with Crippen molar-refractivity contribution in [2.24, 2.45) is 0 Å². The van der Waals surface area contributed by atoms with Crippen LogP contribution in [0, 0.1) is 27.3 Å². The molecule has 0 aliphatic carbocycles. The highest BCUT2D eigenvalue weighted by atomic mass is 19.1. The van der Waals surface area contributed by atoms with E-state index in [1.165, 1.54) is 13.0 Å². The standard InChI is InChI=1S/C10H7FN2O4/c1-2-17-10(14)7-4-8(11)6(5-12)3-9(7)13(15)16/h3-4H,2H2,1H3. The molecule has 1 aromatic carbocycles. The minimum atomic E-state index is -0.999. The van der Waals surface area contributed by atoms with Crippen molar-refractivity contribution >= 4 is 11.7 Å². The van der Waals surface area contributed by atoms with Crippen LogP contribution in [0.3, 0.4) is 0 Å². The highest BCUT2D eigenvalue weighted by Crippen LogP contribution is 2.23. The number of carbonyl (C=O) groups is 1. The Hall–Kier alpha value is -2.49. The normalized spacial score (nSPS) is 9.47. The van der Waals surface area contributed by atoms with Crippen LogP contribution >= 0.6 is 0 Å². The summed E-state index contributed by atoms with van der Waals surface area (Å²) in [6.07, 6.45) is 0. The van der Waals surface area contributed by atoms with Gasteiger partial charge in [0.1, 0.15) is 17.4 Å². The molecule has 0 spiro atoms. The zero-order chi connectivity index (χ0) is 13.0. The molecule has 0 aromatic heterocycles. The first-order valence-corrected chi connectivity index (χ1v) is 4.56. The molecule has 0 radical (unpaired) electrons. The highest BCUT2D eigenvalue weighted by Gasteiger charge is 2.24. The van der Waals surface area contributed by atoms with Gasteiger partial charge in [-0.1, -0.05) is 0 Å². The number of hydrogen-bond donors (Lipinski definition) is 0. The summed E-state index contributed by atoms with van der Waals surface area (Å²) in [7, 11) is 0. The van der Waals surface area contributed by atoms with Crippen LogP contribution in [-0.2, 0) is 4.74 Å². The molecule has 0 aliphatic rings. The van der Waals surface area contributed by atoms with E-state index in [4.69, 9.17) is 5.26 Å².